The van der Waals surface area contributed by atoms with E-state index in [1.54, 1.807) is 22.7 Å². The van der Waals surface area contributed by atoms with Crippen molar-refractivity contribution in [3.05, 3.63) is 65.9 Å². The van der Waals surface area contributed by atoms with Gasteiger partial charge < -0.3 is 9.55 Å². The molecule has 0 aliphatic carbocycles. The molecule has 0 spiro atoms. The predicted octanol–water partition coefficient (Wildman–Crippen LogP) is 22.0. The van der Waals surface area contributed by atoms with E-state index < -0.39 is 0 Å². The zero-order valence-electron chi connectivity index (χ0n) is 48.0. The Hall–Kier alpha value is -2.44. The highest BCUT2D eigenvalue weighted by molar-refractivity contribution is 7.16. The molecule has 4 rings (SSSR count). The van der Waals surface area contributed by atoms with Gasteiger partial charge in [-0.3, -0.25) is 9.59 Å². The van der Waals surface area contributed by atoms with Crippen LogP contribution < -0.4 is 11.1 Å². The van der Waals surface area contributed by atoms with Crippen molar-refractivity contribution in [2.24, 2.45) is 11.8 Å². The maximum atomic E-state index is 15.0. The molecule has 4 aromatic rings. The first-order valence-electron chi connectivity index (χ1n) is 31.2. The maximum Gasteiger partial charge on any atom is 0.259 e. The topological polar surface area (TPSA) is 54.9 Å². The molecule has 408 valence electrons. The van der Waals surface area contributed by atoms with Gasteiger partial charge in [0.2, 0.25) is 0 Å². The number of fused-ring (bicyclic) bond motifs is 1. The van der Waals surface area contributed by atoms with E-state index in [1.807, 2.05) is 10.6 Å². The summed E-state index contributed by atoms with van der Waals surface area (Å²) >= 11 is 3.56. The predicted molar refractivity (Wildman–Crippen MR) is 323 cm³/mol. The number of thiophene rings is 2. The summed E-state index contributed by atoms with van der Waals surface area (Å²) < 4.78 is 2.03. The Bertz CT molecular complexity index is 2120. The Kier molecular flexibility index (Phi) is 32.9. The van der Waals surface area contributed by atoms with Gasteiger partial charge in [-0.05, 0) is 80.3 Å². The highest BCUT2D eigenvalue weighted by Crippen LogP contribution is 2.37. The smallest absolute Gasteiger partial charge is 0.259 e. The molecular weight excluding hydrogens is 917 g/mol. The third kappa shape index (κ3) is 23.2. The van der Waals surface area contributed by atoms with Crippen LogP contribution in [0.1, 0.15) is 299 Å². The molecule has 0 saturated heterocycles. The maximum absolute atomic E-state index is 15.0. The van der Waals surface area contributed by atoms with Crippen LogP contribution in [0, 0.1) is 25.7 Å². The van der Waals surface area contributed by atoms with E-state index in [2.05, 4.69) is 71.6 Å². The van der Waals surface area contributed by atoms with Crippen LogP contribution in [0.15, 0.2) is 33.9 Å². The van der Waals surface area contributed by atoms with Gasteiger partial charge in [0.05, 0.1) is 22.2 Å². The minimum Gasteiger partial charge on any atom is -0.320 e. The number of H-pyrrole nitrogens is 1. The first-order valence-corrected chi connectivity index (χ1v) is 32.9. The summed E-state index contributed by atoms with van der Waals surface area (Å²) in [5, 5.41) is 0. The van der Waals surface area contributed by atoms with Crippen LogP contribution in [-0.2, 0) is 19.4 Å². The zero-order valence-corrected chi connectivity index (χ0v) is 49.7. The van der Waals surface area contributed by atoms with Crippen LogP contribution in [0.25, 0.3) is 31.9 Å². The van der Waals surface area contributed by atoms with Crippen molar-refractivity contribution in [1.82, 2.24) is 9.55 Å². The standard InChI is InChI=1S/C66H110N2O2S2/c1-8-13-18-23-28-30-34-39-44-55(42-37-32-25-20-15-10-3)47-57-49-63(71-53(57)6)59-52-62-61(67-65(59)69)51-60(66(70)68(62)46-41-36-27-22-17-12-5)64-50-58(54(7)72-64)48-56(43-38-33-26-21-16-11-4)45-40-35-31-29-24-19-14-9-2/h49-52,55-56H,8-48H2,1-7H3,(H,67,69). The zero-order chi connectivity index (χ0) is 51.6. The first kappa shape index (κ1) is 62.1. The number of unbranched alkanes of at least 4 members (excludes halogenated alkanes) is 29. The van der Waals surface area contributed by atoms with Gasteiger partial charge in [-0.15, -0.1) is 22.7 Å². The molecule has 0 amide bonds. The number of aryl methyl sites for hydroxylation is 3. The Balaban J connectivity index is 1.59. The van der Waals surface area contributed by atoms with Crippen LogP contribution in [0.2, 0.25) is 0 Å². The van der Waals surface area contributed by atoms with Crippen molar-refractivity contribution in [2.45, 2.75) is 312 Å². The van der Waals surface area contributed by atoms with E-state index in [-0.39, 0.29) is 11.1 Å². The second-order valence-electron chi connectivity index (χ2n) is 22.8. The Morgan fingerprint density at radius 2 is 0.750 bits per heavy atom. The summed E-state index contributed by atoms with van der Waals surface area (Å²) in [6.07, 6.45) is 52.5. The number of rotatable bonds is 45. The van der Waals surface area contributed by atoms with Gasteiger partial charge in [0.15, 0.2) is 0 Å². The summed E-state index contributed by atoms with van der Waals surface area (Å²) in [6, 6.07) is 8.79. The lowest BCUT2D eigenvalue weighted by Crippen LogP contribution is -2.24. The number of aromatic nitrogens is 2. The molecule has 6 heteroatoms. The highest BCUT2D eigenvalue weighted by atomic mass is 32.1. The summed E-state index contributed by atoms with van der Waals surface area (Å²) in [5.74, 6) is 1.38. The molecule has 2 atom stereocenters. The molecule has 0 aromatic carbocycles. The van der Waals surface area contributed by atoms with Crippen molar-refractivity contribution < 1.29 is 0 Å². The van der Waals surface area contributed by atoms with Crippen molar-refractivity contribution in [2.75, 3.05) is 0 Å². The molecule has 1 N–H and O–H groups in total. The largest absolute Gasteiger partial charge is 0.320 e. The summed E-state index contributed by atoms with van der Waals surface area (Å²) in [4.78, 5) is 37.4. The fourth-order valence-electron chi connectivity index (χ4n) is 11.5. The molecule has 0 bridgehead atoms. The fraction of sp³-hybridized carbons (Fsp3) is 0.758. The normalized spacial score (nSPS) is 12.7. The third-order valence-corrected chi connectivity index (χ3v) is 18.5. The lowest BCUT2D eigenvalue weighted by Gasteiger charge is -2.17. The third-order valence-electron chi connectivity index (χ3n) is 16.3. The van der Waals surface area contributed by atoms with Crippen LogP contribution >= 0.6 is 22.7 Å². The van der Waals surface area contributed by atoms with E-state index in [4.69, 9.17) is 0 Å². The molecule has 4 heterocycles. The fourth-order valence-corrected chi connectivity index (χ4v) is 13.7. The average Bonchev–Trinajstić information content (AvgIpc) is 3.93. The summed E-state index contributed by atoms with van der Waals surface area (Å²) in [5.41, 5.74) is 5.99. The second kappa shape index (κ2) is 38.2. The van der Waals surface area contributed by atoms with Crippen molar-refractivity contribution in [3.8, 4) is 20.9 Å². The molecule has 0 aliphatic heterocycles. The number of hydrogen-bond donors (Lipinski definition) is 1. The van der Waals surface area contributed by atoms with E-state index in [9.17, 15) is 9.59 Å². The minimum atomic E-state index is -0.0462. The van der Waals surface area contributed by atoms with E-state index in [0.717, 1.165) is 52.0 Å². The number of aromatic amines is 1. The lowest BCUT2D eigenvalue weighted by atomic mass is 9.88. The molecule has 4 nitrogen and oxygen atoms in total. The van der Waals surface area contributed by atoms with Crippen LogP contribution in [0.3, 0.4) is 0 Å². The van der Waals surface area contributed by atoms with Gasteiger partial charge in [0.25, 0.3) is 11.1 Å². The molecule has 0 saturated carbocycles. The van der Waals surface area contributed by atoms with E-state index >= 15 is 0 Å². The molecule has 0 radical (unpaired) electrons. The number of nitrogens with zero attached hydrogens (tertiary/aromatic N) is 1. The van der Waals surface area contributed by atoms with E-state index in [1.165, 1.54) is 252 Å². The average molecular weight is 1030 g/mol. The molecule has 4 aromatic heterocycles. The molecular formula is C66H110N2O2S2. The summed E-state index contributed by atoms with van der Waals surface area (Å²) in [7, 11) is 0. The molecule has 72 heavy (non-hydrogen) atoms. The molecule has 0 aliphatic rings. The second-order valence-corrected chi connectivity index (χ2v) is 25.3. The van der Waals surface area contributed by atoms with Crippen LogP contribution in [-0.4, -0.2) is 9.55 Å². The van der Waals surface area contributed by atoms with Crippen LogP contribution in [0.4, 0.5) is 0 Å². The Morgan fingerprint density at radius 1 is 0.417 bits per heavy atom. The Morgan fingerprint density at radius 3 is 1.12 bits per heavy atom. The van der Waals surface area contributed by atoms with Gasteiger partial charge in [-0.1, -0.05) is 272 Å². The number of hydrogen-bond acceptors (Lipinski definition) is 4. The number of nitrogens with one attached hydrogen (secondary N) is 1. The van der Waals surface area contributed by atoms with Gasteiger partial charge in [0, 0.05) is 26.1 Å². The van der Waals surface area contributed by atoms with E-state index in [0.29, 0.717) is 23.9 Å². The monoisotopic (exact) mass is 1030 g/mol. The van der Waals surface area contributed by atoms with Crippen molar-refractivity contribution in [3.63, 3.8) is 0 Å². The van der Waals surface area contributed by atoms with Gasteiger partial charge >= 0.3 is 0 Å². The van der Waals surface area contributed by atoms with Gasteiger partial charge in [-0.25, -0.2) is 0 Å². The molecule has 0 fully saturated rings. The first-order chi connectivity index (χ1) is 35.2. The Labute approximate surface area is 451 Å². The quantitative estimate of drug-likeness (QED) is 0.0449. The van der Waals surface area contributed by atoms with Crippen LogP contribution in [0.5, 0.6) is 0 Å². The number of pyridine rings is 2. The molecule has 2 unspecified atom stereocenters. The minimum absolute atomic E-state index is 0.0462. The highest BCUT2D eigenvalue weighted by Gasteiger charge is 2.21. The van der Waals surface area contributed by atoms with Crippen molar-refractivity contribution in [1.29, 1.82) is 0 Å². The van der Waals surface area contributed by atoms with Gasteiger partial charge in [-0.2, -0.15) is 0 Å². The summed E-state index contributed by atoms with van der Waals surface area (Å²) in [6.45, 7) is 16.7. The van der Waals surface area contributed by atoms with Crippen molar-refractivity contribution >= 4 is 33.7 Å². The lowest BCUT2D eigenvalue weighted by molar-refractivity contribution is 0.400. The van der Waals surface area contributed by atoms with Gasteiger partial charge in [0.1, 0.15) is 0 Å². The SMILES string of the molecule is CCCCCCCCCCC(CCCCCCCC)Cc1cc(-c2cc3c(cc(-c4cc(CC(CCCCCCCC)CCCCCCCCCC)c(C)s4)c(=O)n3CCCCCCCC)[nH]c2=O)sc1C.